The van der Waals surface area contributed by atoms with Crippen molar-refractivity contribution in [3.05, 3.63) is 12.3 Å². The smallest absolute Gasteiger partial charge is 0.00310 e. The van der Waals surface area contributed by atoms with Gasteiger partial charge in [-0.15, -0.1) is 0 Å². The summed E-state index contributed by atoms with van der Waals surface area (Å²) in [4.78, 5) is 0. The maximum absolute atomic E-state index is 3.90. The number of nitrogens with one attached hydrogen (secondary N) is 1. The highest BCUT2D eigenvalue weighted by Crippen LogP contribution is 2.14. The Morgan fingerprint density at radius 1 is 1.42 bits per heavy atom. The van der Waals surface area contributed by atoms with E-state index in [1.54, 1.807) is 0 Å². The van der Waals surface area contributed by atoms with Gasteiger partial charge in [-0.3, -0.25) is 0 Å². The monoisotopic (exact) mass is 169 g/mol. The van der Waals surface area contributed by atoms with Crippen LogP contribution in [0.1, 0.15) is 46.0 Å². The molecular formula is C11H23N. The topological polar surface area (TPSA) is 12.0 Å². The van der Waals surface area contributed by atoms with Gasteiger partial charge in [0, 0.05) is 12.7 Å². The zero-order valence-electron chi connectivity index (χ0n) is 8.82. The fraction of sp³-hybridized carbons (Fsp3) is 0.818. The molecule has 0 saturated heterocycles. The molecule has 72 valence electrons. The first-order chi connectivity index (χ1) is 5.70. The molecule has 0 amide bonds. The Morgan fingerprint density at radius 2 is 2.08 bits per heavy atom. The van der Waals surface area contributed by atoms with Crippen molar-refractivity contribution in [1.82, 2.24) is 5.32 Å². The highest BCUT2D eigenvalue weighted by Gasteiger charge is 2.00. The Bertz CT molecular complexity index is 118. The van der Waals surface area contributed by atoms with Crippen molar-refractivity contribution in [3.8, 4) is 0 Å². The lowest BCUT2D eigenvalue weighted by Crippen LogP contribution is -2.04. The van der Waals surface area contributed by atoms with E-state index in [2.05, 4.69) is 25.7 Å². The minimum absolute atomic E-state index is 0.889. The average Bonchev–Trinajstić information content (AvgIpc) is 2.04. The minimum atomic E-state index is 0.889. The van der Waals surface area contributed by atoms with E-state index in [-0.39, 0.29) is 0 Å². The molecule has 1 heteroatoms. The van der Waals surface area contributed by atoms with Crippen molar-refractivity contribution in [2.45, 2.75) is 46.0 Å². The van der Waals surface area contributed by atoms with Crippen LogP contribution in [0.2, 0.25) is 0 Å². The molecule has 12 heavy (non-hydrogen) atoms. The molecule has 0 bridgehead atoms. The third kappa shape index (κ3) is 6.26. The first kappa shape index (κ1) is 11.5. The van der Waals surface area contributed by atoms with Crippen LogP contribution >= 0.6 is 0 Å². The zero-order chi connectivity index (χ0) is 9.40. The van der Waals surface area contributed by atoms with Gasteiger partial charge in [-0.25, -0.2) is 0 Å². The third-order valence-corrected chi connectivity index (χ3v) is 2.31. The van der Waals surface area contributed by atoms with Gasteiger partial charge in [0.15, 0.2) is 0 Å². The second-order valence-corrected chi connectivity index (χ2v) is 3.64. The van der Waals surface area contributed by atoms with Crippen molar-refractivity contribution in [2.24, 2.45) is 5.92 Å². The van der Waals surface area contributed by atoms with Crippen molar-refractivity contribution >= 4 is 0 Å². The largest absolute Gasteiger partial charge is 0.392 e. The summed E-state index contributed by atoms with van der Waals surface area (Å²) in [6, 6.07) is 0. The van der Waals surface area contributed by atoms with Gasteiger partial charge in [0.25, 0.3) is 0 Å². The summed E-state index contributed by atoms with van der Waals surface area (Å²) in [7, 11) is 1.94. The Morgan fingerprint density at radius 3 is 2.58 bits per heavy atom. The van der Waals surface area contributed by atoms with Gasteiger partial charge < -0.3 is 5.32 Å². The molecular weight excluding hydrogens is 146 g/mol. The summed E-state index contributed by atoms with van der Waals surface area (Å²) in [5.41, 5.74) is 1.17. The number of hydrogen-bond donors (Lipinski definition) is 1. The van der Waals surface area contributed by atoms with Crippen LogP contribution < -0.4 is 5.32 Å². The number of hydrogen-bond acceptors (Lipinski definition) is 1. The molecule has 0 heterocycles. The molecule has 0 fully saturated rings. The molecule has 0 aliphatic carbocycles. The molecule has 0 aliphatic rings. The minimum Gasteiger partial charge on any atom is -0.392 e. The second kappa shape index (κ2) is 7.20. The van der Waals surface area contributed by atoms with Gasteiger partial charge in [-0.1, -0.05) is 39.7 Å². The number of allylic oxidation sites excluding steroid dienone is 1. The molecule has 0 aromatic heterocycles. The summed E-state index contributed by atoms with van der Waals surface area (Å²) in [6.45, 7) is 8.50. The second-order valence-electron chi connectivity index (χ2n) is 3.64. The fourth-order valence-corrected chi connectivity index (χ4v) is 1.43. The molecule has 1 atom stereocenters. The summed E-state index contributed by atoms with van der Waals surface area (Å²) in [5.74, 6) is 0.889. The standard InChI is InChI=1S/C11H23N/c1-5-7-10(2)8-6-9-11(3)12-4/h10,12H,3,5-9H2,1-2,4H3. The van der Waals surface area contributed by atoms with Gasteiger partial charge >= 0.3 is 0 Å². The lowest BCUT2D eigenvalue weighted by molar-refractivity contribution is 0.467. The van der Waals surface area contributed by atoms with Crippen LogP contribution in [0.5, 0.6) is 0 Å². The number of rotatable bonds is 7. The Labute approximate surface area is 77.2 Å². The highest BCUT2D eigenvalue weighted by molar-refractivity contribution is 4.88. The highest BCUT2D eigenvalue weighted by atomic mass is 14.8. The van der Waals surface area contributed by atoms with Crippen LogP contribution in [-0.2, 0) is 0 Å². The molecule has 1 N–H and O–H groups in total. The van der Waals surface area contributed by atoms with Crippen LogP contribution in [0.3, 0.4) is 0 Å². The van der Waals surface area contributed by atoms with Gasteiger partial charge in [0.1, 0.15) is 0 Å². The maximum Gasteiger partial charge on any atom is 0.00310 e. The predicted molar refractivity (Wildman–Crippen MR) is 56.1 cm³/mol. The van der Waals surface area contributed by atoms with Crippen LogP contribution in [0.25, 0.3) is 0 Å². The van der Waals surface area contributed by atoms with Crippen molar-refractivity contribution < 1.29 is 0 Å². The maximum atomic E-state index is 3.90. The zero-order valence-corrected chi connectivity index (χ0v) is 8.82. The molecule has 0 saturated carbocycles. The molecule has 1 nitrogen and oxygen atoms in total. The summed E-state index contributed by atoms with van der Waals surface area (Å²) < 4.78 is 0. The normalized spacial score (nSPS) is 12.6. The quantitative estimate of drug-likeness (QED) is 0.616. The van der Waals surface area contributed by atoms with Crippen molar-refractivity contribution in [2.75, 3.05) is 7.05 Å². The van der Waals surface area contributed by atoms with Crippen molar-refractivity contribution in [3.63, 3.8) is 0 Å². The molecule has 0 aromatic rings. The fourth-order valence-electron chi connectivity index (χ4n) is 1.43. The molecule has 0 radical (unpaired) electrons. The van der Waals surface area contributed by atoms with Crippen LogP contribution in [-0.4, -0.2) is 7.05 Å². The Balaban J connectivity index is 3.24. The van der Waals surface area contributed by atoms with Crippen molar-refractivity contribution in [1.29, 1.82) is 0 Å². The van der Waals surface area contributed by atoms with Crippen LogP contribution in [0.15, 0.2) is 12.3 Å². The van der Waals surface area contributed by atoms with Crippen LogP contribution in [0, 0.1) is 5.92 Å². The molecule has 0 spiro atoms. The average molecular weight is 169 g/mol. The molecule has 0 aromatic carbocycles. The first-order valence-electron chi connectivity index (χ1n) is 5.06. The summed E-state index contributed by atoms with van der Waals surface area (Å²) in [6.07, 6.45) is 6.43. The van der Waals surface area contributed by atoms with E-state index in [0.29, 0.717) is 0 Å². The Hall–Kier alpha value is -0.460. The summed E-state index contributed by atoms with van der Waals surface area (Å²) >= 11 is 0. The first-order valence-corrected chi connectivity index (χ1v) is 5.06. The summed E-state index contributed by atoms with van der Waals surface area (Å²) in [5, 5.41) is 3.08. The lowest BCUT2D eigenvalue weighted by Gasteiger charge is -2.10. The van der Waals surface area contributed by atoms with E-state index in [1.807, 2.05) is 7.05 Å². The van der Waals surface area contributed by atoms with Gasteiger partial charge in [0.2, 0.25) is 0 Å². The van der Waals surface area contributed by atoms with Gasteiger partial charge in [-0.05, 0) is 18.8 Å². The Kier molecular flexibility index (Phi) is 6.93. The van der Waals surface area contributed by atoms with E-state index < -0.39 is 0 Å². The van der Waals surface area contributed by atoms with E-state index in [1.165, 1.54) is 31.4 Å². The predicted octanol–water partition coefficient (Wildman–Crippen LogP) is 3.33. The van der Waals surface area contributed by atoms with E-state index in [9.17, 15) is 0 Å². The van der Waals surface area contributed by atoms with Crippen LogP contribution in [0.4, 0.5) is 0 Å². The molecule has 0 aliphatic heterocycles. The van der Waals surface area contributed by atoms with Gasteiger partial charge in [0.05, 0.1) is 0 Å². The molecule has 0 rings (SSSR count). The molecule has 1 unspecified atom stereocenters. The third-order valence-electron chi connectivity index (χ3n) is 2.31. The van der Waals surface area contributed by atoms with E-state index in [4.69, 9.17) is 0 Å². The van der Waals surface area contributed by atoms with E-state index in [0.717, 1.165) is 12.3 Å². The lowest BCUT2D eigenvalue weighted by atomic mass is 9.99. The van der Waals surface area contributed by atoms with E-state index >= 15 is 0 Å². The van der Waals surface area contributed by atoms with Gasteiger partial charge in [-0.2, -0.15) is 0 Å². The SMILES string of the molecule is C=C(CCCC(C)CCC)NC.